The lowest BCUT2D eigenvalue weighted by Crippen LogP contribution is -2.48. The summed E-state index contributed by atoms with van der Waals surface area (Å²) in [6.07, 6.45) is 10.1. The zero-order valence-corrected chi connectivity index (χ0v) is 22.8. The maximum absolute atomic E-state index is 13.1. The summed E-state index contributed by atoms with van der Waals surface area (Å²) < 4.78 is 13.5. The van der Waals surface area contributed by atoms with Crippen LogP contribution in [0, 0.1) is 5.41 Å². The topological polar surface area (TPSA) is 59.8 Å². The molecule has 1 spiro atoms. The third kappa shape index (κ3) is 6.38. The SMILES string of the molecule is COc1ccc(CN2CCOc3ccccc3CCCCC3(CCN(C(=O)c4cn(C)cn4)CC3)C2)cc1. The molecule has 0 saturated carbocycles. The predicted octanol–water partition coefficient (Wildman–Crippen LogP) is 4.96. The number of para-hydroxylation sites is 1. The minimum absolute atomic E-state index is 0.0497. The number of rotatable bonds is 4. The molecule has 2 aliphatic heterocycles. The van der Waals surface area contributed by atoms with Crippen molar-refractivity contribution in [2.24, 2.45) is 12.5 Å². The fourth-order valence-corrected chi connectivity index (χ4v) is 5.99. The molecule has 3 heterocycles. The van der Waals surface area contributed by atoms with Gasteiger partial charge >= 0.3 is 0 Å². The van der Waals surface area contributed by atoms with Crippen molar-refractivity contribution in [1.29, 1.82) is 0 Å². The van der Waals surface area contributed by atoms with Gasteiger partial charge in [-0.1, -0.05) is 36.8 Å². The number of nitrogens with zero attached hydrogens (tertiary/aromatic N) is 4. The molecule has 202 valence electrons. The summed E-state index contributed by atoms with van der Waals surface area (Å²) >= 11 is 0. The molecule has 7 nitrogen and oxygen atoms in total. The molecule has 0 radical (unpaired) electrons. The lowest BCUT2D eigenvalue weighted by Gasteiger charge is -2.45. The van der Waals surface area contributed by atoms with Crippen molar-refractivity contribution in [3.05, 3.63) is 77.9 Å². The number of piperidine rings is 1. The van der Waals surface area contributed by atoms with E-state index in [1.54, 1.807) is 13.4 Å². The van der Waals surface area contributed by atoms with Gasteiger partial charge in [0.15, 0.2) is 0 Å². The van der Waals surface area contributed by atoms with Gasteiger partial charge in [0.25, 0.3) is 5.91 Å². The zero-order valence-electron chi connectivity index (χ0n) is 22.8. The van der Waals surface area contributed by atoms with Crippen molar-refractivity contribution in [3.63, 3.8) is 0 Å². The van der Waals surface area contributed by atoms with Crippen molar-refractivity contribution in [2.45, 2.75) is 45.1 Å². The molecular weight excluding hydrogens is 476 g/mol. The van der Waals surface area contributed by atoms with Crippen LogP contribution < -0.4 is 9.47 Å². The Morgan fingerprint density at radius 3 is 2.55 bits per heavy atom. The van der Waals surface area contributed by atoms with E-state index in [0.29, 0.717) is 12.3 Å². The Hall–Kier alpha value is -3.32. The number of aromatic nitrogens is 2. The van der Waals surface area contributed by atoms with Gasteiger partial charge in [-0.2, -0.15) is 0 Å². The fraction of sp³-hybridized carbons (Fsp3) is 0.484. The Morgan fingerprint density at radius 1 is 1.03 bits per heavy atom. The molecule has 38 heavy (non-hydrogen) atoms. The second-order valence-electron chi connectivity index (χ2n) is 10.9. The van der Waals surface area contributed by atoms with Gasteiger partial charge < -0.3 is 18.9 Å². The summed E-state index contributed by atoms with van der Waals surface area (Å²) in [4.78, 5) is 21.9. The third-order valence-electron chi connectivity index (χ3n) is 8.20. The van der Waals surface area contributed by atoms with Crippen LogP contribution in [-0.4, -0.2) is 65.2 Å². The molecule has 0 unspecified atom stereocenters. The zero-order chi connectivity index (χ0) is 26.4. The number of hydrogen-bond acceptors (Lipinski definition) is 5. The van der Waals surface area contributed by atoms with Gasteiger partial charge in [-0.25, -0.2) is 4.98 Å². The van der Waals surface area contributed by atoms with Crippen LogP contribution in [-0.2, 0) is 20.0 Å². The molecular formula is C31H40N4O3. The van der Waals surface area contributed by atoms with Gasteiger partial charge in [0.05, 0.1) is 13.4 Å². The third-order valence-corrected chi connectivity index (χ3v) is 8.20. The smallest absolute Gasteiger partial charge is 0.274 e. The number of fused-ring (bicyclic) bond motifs is 1. The summed E-state index contributed by atoms with van der Waals surface area (Å²) in [5.41, 5.74) is 3.31. The predicted molar refractivity (Wildman–Crippen MR) is 149 cm³/mol. The first-order chi connectivity index (χ1) is 18.5. The monoisotopic (exact) mass is 516 g/mol. The number of hydrogen-bond donors (Lipinski definition) is 0. The number of ether oxygens (including phenoxy) is 2. The number of carbonyl (C=O) groups is 1. The van der Waals surface area contributed by atoms with Crippen molar-refractivity contribution in [3.8, 4) is 11.5 Å². The molecule has 1 amide bonds. The summed E-state index contributed by atoms with van der Waals surface area (Å²) in [6, 6.07) is 16.9. The maximum Gasteiger partial charge on any atom is 0.274 e. The highest BCUT2D eigenvalue weighted by Gasteiger charge is 2.37. The average Bonchev–Trinajstić information content (AvgIpc) is 3.38. The molecule has 2 aliphatic rings. The largest absolute Gasteiger partial charge is 0.497 e. The highest BCUT2D eigenvalue weighted by Crippen LogP contribution is 2.39. The maximum atomic E-state index is 13.1. The summed E-state index contributed by atoms with van der Waals surface area (Å²) in [7, 11) is 3.61. The standard InChI is InChI=1S/C31H40N4O3/c1-33-22-28(32-24-33)30(36)35-17-15-31(16-18-35)14-6-5-8-26-7-3-4-9-29(26)38-20-19-34(23-31)21-25-10-12-27(37-2)13-11-25/h3-4,7,9-13,22,24H,5-6,8,14-21,23H2,1-2H3. The highest BCUT2D eigenvalue weighted by atomic mass is 16.5. The van der Waals surface area contributed by atoms with Crippen LogP contribution in [0.25, 0.3) is 0 Å². The lowest BCUT2D eigenvalue weighted by atomic mass is 9.73. The number of carbonyl (C=O) groups excluding carboxylic acids is 1. The van der Waals surface area contributed by atoms with Crippen molar-refractivity contribution in [1.82, 2.24) is 19.4 Å². The number of methoxy groups -OCH3 is 1. The summed E-state index contributed by atoms with van der Waals surface area (Å²) in [5.74, 6) is 1.95. The fourth-order valence-electron chi connectivity index (χ4n) is 5.99. The van der Waals surface area contributed by atoms with Crippen molar-refractivity contribution in [2.75, 3.05) is 39.9 Å². The van der Waals surface area contributed by atoms with Crippen molar-refractivity contribution < 1.29 is 14.3 Å². The van der Waals surface area contributed by atoms with E-state index in [4.69, 9.17) is 9.47 Å². The molecule has 1 saturated heterocycles. The van der Waals surface area contributed by atoms with E-state index in [-0.39, 0.29) is 11.3 Å². The van der Waals surface area contributed by atoms with Gasteiger partial charge in [-0.05, 0) is 66.8 Å². The van der Waals surface area contributed by atoms with Gasteiger partial charge in [0, 0.05) is 46.0 Å². The van der Waals surface area contributed by atoms with E-state index < -0.39 is 0 Å². The number of aryl methyl sites for hydroxylation is 2. The first kappa shape index (κ1) is 26.3. The first-order valence-electron chi connectivity index (χ1n) is 13.9. The lowest BCUT2D eigenvalue weighted by molar-refractivity contribution is 0.0358. The van der Waals surface area contributed by atoms with E-state index in [2.05, 4.69) is 46.3 Å². The van der Waals surface area contributed by atoms with Gasteiger partial charge in [0.1, 0.15) is 23.8 Å². The van der Waals surface area contributed by atoms with Gasteiger partial charge in [-0.15, -0.1) is 0 Å². The number of benzene rings is 2. The average molecular weight is 517 g/mol. The van der Waals surface area contributed by atoms with Gasteiger partial charge in [0.2, 0.25) is 0 Å². The highest BCUT2D eigenvalue weighted by molar-refractivity contribution is 5.92. The van der Waals surface area contributed by atoms with Crippen LogP contribution >= 0.6 is 0 Å². The molecule has 0 aliphatic carbocycles. The van der Waals surface area contributed by atoms with Crippen LogP contribution in [0.15, 0.2) is 61.1 Å². The molecule has 0 atom stereocenters. The number of imidazole rings is 1. The molecule has 0 N–H and O–H groups in total. The summed E-state index contributed by atoms with van der Waals surface area (Å²) in [5, 5.41) is 0. The number of likely N-dealkylation sites (tertiary alicyclic amines) is 1. The number of amides is 1. The Morgan fingerprint density at radius 2 is 1.82 bits per heavy atom. The molecule has 7 heteroatoms. The van der Waals surface area contributed by atoms with Gasteiger partial charge in [-0.3, -0.25) is 9.69 Å². The second-order valence-corrected chi connectivity index (χ2v) is 10.9. The van der Waals surface area contributed by atoms with E-state index in [1.807, 2.05) is 34.8 Å². The van der Waals surface area contributed by atoms with Crippen LogP contribution in [0.3, 0.4) is 0 Å². The Balaban J connectivity index is 1.33. The molecule has 1 fully saturated rings. The quantitative estimate of drug-likeness (QED) is 0.491. The molecule has 2 aromatic carbocycles. The molecule has 1 aromatic heterocycles. The first-order valence-corrected chi connectivity index (χ1v) is 13.9. The minimum Gasteiger partial charge on any atom is -0.497 e. The Kier molecular flexibility index (Phi) is 8.32. The normalized spacial score (nSPS) is 18.6. The Labute approximate surface area is 226 Å². The van der Waals surface area contributed by atoms with E-state index in [1.165, 1.54) is 24.0 Å². The molecule has 5 rings (SSSR count). The van der Waals surface area contributed by atoms with E-state index in [9.17, 15) is 4.79 Å². The van der Waals surface area contributed by atoms with Crippen molar-refractivity contribution >= 4 is 5.91 Å². The molecule has 3 aromatic rings. The van der Waals surface area contributed by atoms with E-state index in [0.717, 1.165) is 69.9 Å². The minimum atomic E-state index is 0.0497. The second kappa shape index (κ2) is 12.0. The van der Waals surface area contributed by atoms with Crippen LogP contribution in [0.5, 0.6) is 11.5 Å². The molecule has 0 bridgehead atoms. The summed E-state index contributed by atoms with van der Waals surface area (Å²) in [6.45, 7) is 4.96. The van der Waals surface area contributed by atoms with Crippen LogP contribution in [0.1, 0.15) is 53.7 Å². The Bertz CT molecular complexity index is 1200. The van der Waals surface area contributed by atoms with Crippen LogP contribution in [0.2, 0.25) is 0 Å². The van der Waals surface area contributed by atoms with E-state index >= 15 is 0 Å². The van der Waals surface area contributed by atoms with Crippen LogP contribution in [0.4, 0.5) is 0 Å².